The molecule has 0 bridgehead atoms. The maximum atomic E-state index is 10.9. The molecule has 4 heteroatoms. The Morgan fingerprint density at radius 1 is 1.53 bits per heavy atom. The molecule has 3 nitrogen and oxygen atoms in total. The molecule has 0 aliphatic carbocycles. The van der Waals surface area contributed by atoms with Gasteiger partial charge in [-0.05, 0) is 18.8 Å². The summed E-state index contributed by atoms with van der Waals surface area (Å²) in [5, 5.41) is 3.48. The molecule has 0 radical (unpaired) electrons. The van der Waals surface area contributed by atoms with E-state index in [1.807, 2.05) is 0 Å². The van der Waals surface area contributed by atoms with E-state index in [1.54, 1.807) is 11.3 Å². The monoisotopic (exact) mass is 226 g/mol. The van der Waals surface area contributed by atoms with Crippen LogP contribution in [0.4, 0.5) is 5.13 Å². The molecule has 0 aliphatic heterocycles. The fourth-order valence-corrected chi connectivity index (χ4v) is 2.63. The third-order valence-corrected chi connectivity index (χ3v) is 3.65. The van der Waals surface area contributed by atoms with Crippen LogP contribution in [0.25, 0.3) is 0 Å². The van der Waals surface area contributed by atoms with Crippen molar-refractivity contribution in [1.29, 1.82) is 0 Å². The van der Waals surface area contributed by atoms with Crippen molar-refractivity contribution in [3.8, 4) is 0 Å². The van der Waals surface area contributed by atoms with Gasteiger partial charge in [0.15, 0.2) is 5.13 Å². The molecule has 84 valence electrons. The second-order valence-corrected chi connectivity index (χ2v) is 4.70. The zero-order chi connectivity index (χ0) is 11.4. The van der Waals surface area contributed by atoms with Gasteiger partial charge in [0.05, 0.1) is 5.69 Å². The Hall–Kier alpha value is -0.900. The maximum absolute atomic E-state index is 10.9. The van der Waals surface area contributed by atoms with Crippen molar-refractivity contribution < 1.29 is 4.79 Å². The van der Waals surface area contributed by atoms with Gasteiger partial charge in [0.2, 0.25) is 5.91 Å². The Bertz CT molecular complexity index is 346. The number of thiazole rings is 1. The molecular weight excluding hydrogens is 208 g/mol. The highest BCUT2D eigenvalue weighted by molar-refractivity contribution is 7.16. The second kappa shape index (κ2) is 5.26. The van der Waals surface area contributed by atoms with Gasteiger partial charge in [-0.2, -0.15) is 0 Å². The average molecular weight is 226 g/mol. The van der Waals surface area contributed by atoms with Gasteiger partial charge in [-0.25, -0.2) is 4.98 Å². The van der Waals surface area contributed by atoms with Gasteiger partial charge in [0.25, 0.3) is 0 Å². The second-order valence-electron chi connectivity index (χ2n) is 3.67. The predicted molar refractivity (Wildman–Crippen MR) is 64.5 cm³/mol. The molecule has 1 unspecified atom stereocenters. The SMILES string of the molecule is CCc1nc(NC(C)=O)sc1C(C)CC. The summed E-state index contributed by atoms with van der Waals surface area (Å²) in [5.74, 6) is 0.474. The van der Waals surface area contributed by atoms with E-state index in [9.17, 15) is 4.79 Å². The van der Waals surface area contributed by atoms with E-state index in [1.165, 1.54) is 11.8 Å². The van der Waals surface area contributed by atoms with Crippen molar-refractivity contribution in [2.45, 2.75) is 46.5 Å². The Morgan fingerprint density at radius 3 is 2.67 bits per heavy atom. The number of rotatable bonds is 4. The summed E-state index contributed by atoms with van der Waals surface area (Å²) >= 11 is 1.60. The first-order valence-electron chi connectivity index (χ1n) is 5.35. The number of hydrogen-bond donors (Lipinski definition) is 1. The van der Waals surface area contributed by atoms with Gasteiger partial charge in [0.1, 0.15) is 0 Å². The highest BCUT2D eigenvalue weighted by Gasteiger charge is 2.14. The summed E-state index contributed by atoms with van der Waals surface area (Å²) in [7, 11) is 0. The first-order valence-corrected chi connectivity index (χ1v) is 6.17. The van der Waals surface area contributed by atoms with Crippen LogP contribution in [0.15, 0.2) is 0 Å². The Kier molecular flexibility index (Phi) is 4.27. The molecule has 0 spiro atoms. The van der Waals surface area contributed by atoms with Gasteiger partial charge >= 0.3 is 0 Å². The van der Waals surface area contributed by atoms with E-state index < -0.39 is 0 Å². The molecule has 1 heterocycles. The Morgan fingerprint density at radius 2 is 2.20 bits per heavy atom. The highest BCUT2D eigenvalue weighted by Crippen LogP contribution is 2.31. The molecule has 0 fully saturated rings. The molecule has 0 aliphatic rings. The van der Waals surface area contributed by atoms with Crippen LogP contribution in [-0.2, 0) is 11.2 Å². The van der Waals surface area contributed by atoms with E-state index in [4.69, 9.17) is 0 Å². The van der Waals surface area contributed by atoms with Gasteiger partial charge in [-0.15, -0.1) is 11.3 Å². The lowest BCUT2D eigenvalue weighted by atomic mass is 10.1. The zero-order valence-electron chi connectivity index (χ0n) is 9.76. The number of aromatic nitrogens is 1. The summed E-state index contributed by atoms with van der Waals surface area (Å²) in [6.07, 6.45) is 2.03. The lowest BCUT2D eigenvalue weighted by Gasteiger charge is -2.05. The minimum atomic E-state index is -0.0536. The lowest BCUT2D eigenvalue weighted by Crippen LogP contribution is -2.05. The minimum absolute atomic E-state index is 0.0536. The van der Waals surface area contributed by atoms with E-state index in [-0.39, 0.29) is 5.91 Å². The summed E-state index contributed by atoms with van der Waals surface area (Å²) in [4.78, 5) is 16.7. The number of nitrogens with one attached hydrogen (secondary N) is 1. The smallest absolute Gasteiger partial charge is 0.223 e. The molecule has 1 N–H and O–H groups in total. The van der Waals surface area contributed by atoms with Gasteiger partial charge in [-0.1, -0.05) is 20.8 Å². The first-order chi connectivity index (χ1) is 7.08. The standard InChI is InChI=1S/C11H18N2OS/c1-5-7(3)10-9(6-2)13-11(15-10)12-8(4)14/h7H,5-6H2,1-4H3,(H,12,13,14). The molecule has 0 saturated heterocycles. The number of carbonyl (C=O) groups is 1. The van der Waals surface area contributed by atoms with E-state index in [0.717, 1.165) is 23.7 Å². The molecule has 1 rings (SSSR count). The number of aryl methyl sites for hydroxylation is 1. The van der Waals surface area contributed by atoms with E-state index >= 15 is 0 Å². The maximum Gasteiger partial charge on any atom is 0.223 e. The van der Waals surface area contributed by atoms with Crippen molar-refractivity contribution in [1.82, 2.24) is 4.98 Å². The van der Waals surface area contributed by atoms with Gasteiger partial charge in [-0.3, -0.25) is 4.79 Å². The lowest BCUT2D eigenvalue weighted by molar-refractivity contribution is -0.114. The summed E-state index contributed by atoms with van der Waals surface area (Å²) in [6, 6.07) is 0. The molecule has 0 saturated carbocycles. The fraction of sp³-hybridized carbons (Fsp3) is 0.636. The van der Waals surface area contributed by atoms with Crippen LogP contribution in [0.2, 0.25) is 0 Å². The van der Waals surface area contributed by atoms with Crippen LogP contribution < -0.4 is 5.32 Å². The largest absolute Gasteiger partial charge is 0.302 e. The number of amides is 1. The van der Waals surface area contributed by atoms with Crippen LogP contribution in [-0.4, -0.2) is 10.9 Å². The van der Waals surface area contributed by atoms with Crippen LogP contribution in [0.5, 0.6) is 0 Å². The zero-order valence-corrected chi connectivity index (χ0v) is 10.6. The van der Waals surface area contributed by atoms with Crippen molar-refractivity contribution in [2.24, 2.45) is 0 Å². The summed E-state index contributed by atoms with van der Waals surface area (Å²) < 4.78 is 0. The van der Waals surface area contributed by atoms with E-state index in [2.05, 4.69) is 31.1 Å². The van der Waals surface area contributed by atoms with Crippen molar-refractivity contribution >= 4 is 22.4 Å². The van der Waals surface area contributed by atoms with Crippen LogP contribution >= 0.6 is 11.3 Å². The quantitative estimate of drug-likeness (QED) is 0.856. The highest BCUT2D eigenvalue weighted by atomic mass is 32.1. The number of carbonyl (C=O) groups excluding carboxylic acids is 1. The topological polar surface area (TPSA) is 42.0 Å². The third kappa shape index (κ3) is 3.02. The van der Waals surface area contributed by atoms with Crippen molar-refractivity contribution in [2.75, 3.05) is 5.32 Å². The normalized spacial score (nSPS) is 12.5. The Labute approximate surface area is 94.9 Å². The van der Waals surface area contributed by atoms with Crippen molar-refractivity contribution in [3.63, 3.8) is 0 Å². The van der Waals surface area contributed by atoms with Crippen LogP contribution in [0.1, 0.15) is 50.6 Å². The summed E-state index contributed by atoms with van der Waals surface area (Å²) in [5.41, 5.74) is 1.12. The average Bonchev–Trinajstić information content (AvgIpc) is 2.58. The number of hydrogen-bond acceptors (Lipinski definition) is 3. The van der Waals surface area contributed by atoms with Crippen molar-refractivity contribution in [3.05, 3.63) is 10.6 Å². The van der Waals surface area contributed by atoms with Gasteiger partial charge in [0, 0.05) is 11.8 Å². The number of nitrogens with zero attached hydrogens (tertiary/aromatic N) is 1. The minimum Gasteiger partial charge on any atom is -0.302 e. The van der Waals surface area contributed by atoms with Crippen LogP contribution in [0.3, 0.4) is 0 Å². The molecular formula is C11H18N2OS. The summed E-state index contributed by atoms with van der Waals surface area (Å²) in [6.45, 7) is 7.97. The van der Waals surface area contributed by atoms with Crippen LogP contribution in [0, 0.1) is 0 Å². The number of anilines is 1. The molecule has 15 heavy (non-hydrogen) atoms. The fourth-order valence-electron chi connectivity index (χ4n) is 1.39. The third-order valence-electron chi connectivity index (χ3n) is 2.41. The molecule has 1 aromatic rings. The Balaban J connectivity index is 2.94. The first kappa shape index (κ1) is 12.2. The molecule has 1 amide bonds. The molecule has 1 atom stereocenters. The van der Waals surface area contributed by atoms with E-state index in [0.29, 0.717) is 5.92 Å². The van der Waals surface area contributed by atoms with Gasteiger partial charge < -0.3 is 5.32 Å². The predicted octanol–water partition coefficient (Wildman–Crippen LogP) is 3.18. The molecule has 0 aromatic carbocycles. The molecule has 1 aromatic heterocycles.